The lowest BCUT2D eigenvalue weighted by Crippen LogP contribution is -2.56. The number of aromatic nitrogens is 1. The molecule has 2 N–H and O–H groups in total. The van der Waals surface area contributed by atoms with Crippen LogP contribution in [0.5, 0.6) is 17.2 Å². The van der Waals surface area contributed by atoms with Crippen molar-refractivity contribution < 1.29 is 47.3 Å². The van der Waals surface area contributed by atoms with E-state index in [2.05, 4.69) is 0 Å². The summed E-state index contributed by atoms with van der Waals surface area (Å²) in [6, 6.07) is 15.2. The summed E-state index contributed by atoms with van der Waals surface area (Å²) >= 11 is 0. The molecule has 2 aliphatic rings. The van der Waals surface area contributed by atoms with E-state index < -0.39 is 35.3 Å². The molecule has 0 aliphatic carbocycles. The number of halogens is 3. The van der Waals surface area contributed by atoms with E-state index in [9.17, 15) is 20.0 Å². The highest BCUT2D eigenvalue weighted by molar-refractivity contribution is 5.87. The third-order valence-corrected chi connectivity index (χ3v) is 9.63. The Hall–Kier alpha value is -5.08. The van der Waals surface area contributed by atoms with Crippen LogP contribution in [0.3, 0.4) is 0 Å². The van der Waals surface area contributed by atoms with Crippen molar-refractivity contribution in [2.45, 2.75) is 62.2 Å². The monoisotopic (exact) mass is 695 g/mol. The fourth-order valence-corrected chi connectivity index (χ4v) is 7.25. The van der Waals surface area contributed by atoms with Gasteiger partial charge < -0.3 is 29.0 Å². The van der Waals surface area contributed by atoms with E-state index in [0.717, 1.165) is 17.7 Å². The number of carboxylic acid groups (broad SMARTS) is 1. The normalized spacial score (nSPS) is 20.6. The van der Waals surface area contributed by atoms with Crippen molar-refractivity contribution in [2.24, 2.45) is 0 Å². The van der Waals surface area contributed by atoms with E-state index in [4.69, 9.17) is 19.3 Å². The van der Waals surface area contributed by atoms with Gasteiger partial charge in [0.05, 0.1) is 24.7 Å². The molecule has 4 aromatic rings. The van der Waals surface area contributed by atoms with Gasteiger partial charge in [0.2, 0.25) is 11.4 Å². The first-order valence-corrected chi connectivity index (χ1v) is 16.0. The van der Waals surface area contributed by atoms with Crippen LogP contribution in [0, 0.1) is 10.1 Å². The smallest absolute Gasteiger partial charge is 0.422 e. The molecule has 1 aromatic heterocycles. The quantitative estimate of drug-likeness (QED) is 0.0962. The lowest BCUT2D eigenvalue weighted by molar-refractivity contribution is -0.384. The van der Waals surface area contributed by atoms with Crippen LogP contribution < -0.4 is 14.2 Å². The SMILES string of the molecule is COc1cc(/C=C/C(=O)O)cc(OC)c1OC1C[C@H]2CC[C@@H](C1)N2CC(O)(c1cn(Cc2ccccc2)c2cc([N+](=O)[O-])ccc12)C(F)(F)F. The summed E-state index contributed by atoms with van der Waals surface area (Å²) in [5, 5.41) is 32.5. The number of alkyl halides is 3. The minimum absolute atomic E-state index is 0.0813. The van der Waals surface area contributed by atoms with E-state index in [1.807, 2.05) is 6.07 Å². The number of nitrogens with zero attached hydrogens (tertiary/aromatic N) is 3. The van der Waals surface area contributed by atoms with Crippen LogP contribution in [0.15, 0.2) is 72.9 Å². The largest absolute Gasteiger partial charge is 0.493 e. The molecule has 2 bridgehead atoms. The first kappa shape index (κ1) is 34.8. The lowest BCUT2D eigenvalue weighted by Gasteiger charge is -2.43. The number of carboxylic acids is 1. The summed E-state index contributed by atoms with van der Waals surface area (Å²) in [4.78, 5) is 23.7. The second-order valence-electron chi connectivity index (χ2n) is 12.7. The molecule has 6 rings (SSSR count). The summed E-state index contributed by atoms with van der Waals surface area (Å²) in [5.74, 6) is -0.206. The predicted octanol–water partition coefficient (Wildman–Crippen LogP) is 6.54. The third-order valence-electron chi connectivity index (χ3n) is 9.63. The number of aliphatic carboxylic acids is 1. The maximum absolute atomic E-state index is 15.2. The number of fused-ring (bicyclic) bond motifs is 3. The van der Waals surface area contributed by atoms with Crippen molar-refractivity contribution in [3.05, 3.63) is 99.7 Å². The number of piperidine rings is 1. The molecule has 0 saturated carbocycles. The third kappa shape index (κ3) is 6.72. The number of non-ortho nitro benzene ring substituents is 1. The van der Waals surface area contributed by atoms with Crippen LogP contribution in [-0.2, 0) is 16.9 Å². The number of aliphatic hydroxyl groups is 1. The number of carbonyl (C=O) groups is 1. The first-order chi connectivity index (χ1) is 23.8. The van der Waals surface area contributed by atoms with Crippen LogP contribution in [0.4, 0.5) is 18.9 Å². The zero-order valence-electron chi connectivity index (χ0n) is 27.3. The Kier molecular flexibility index (Phi) is 9.51. The summed E-state index contributed by atoms with van der Waals surface area (Å²) < 4.78 is 64.4. The van der Waals surface area contributed by atoms with Gasteiger partial charge in [-0.1, -0.05) is 30.3 Å². The molecule has 2 aliphatic heterocycles. The fraction of sp³-hybridized carbons (Fsp3) is 0.361. The average molecular weight is 696 g/mol. The van der Waals surface area contributed by atoms with E-state index in [-0.39, 0.29) is 40.8 Å². The van der Waals surface area contributed by atoms with Gasteiger partial charge in [0.1, 0.15) is 6.10 Å². The Morgan fingerprint density at radius 1 is 1.02 bits per heavy atom. The highest BCUT2D eigenvalue weighted by Crippen LogP contribution is 2.48. The molecule has 264 valence electrons. The number of methoxy groups -OCH3 is 2. The molecule has 4 atom stereocenters. The zero-order valence-corrected chi connectivity index (χ0v) is 27.3. The van der Waals surface area contributed by atoms with Crippen LogP contribution >= 0.6 is 0 Å². The van der Waals surface area contributed by atoms with Crippen molar-refractivity contribution >= 4 is 28.6 Å². The Balaban J connectivity index is 1.30. The maximum atomic E-state index is 15.2. The number of nitro groups is 1. The van der Waals surface area contributed by atoms with Crippen LogP contribution in [0.25, 0.3) is 17.0 Å². The number of rotatable bonds is 12. The lowest BCUT2D eigenvalue weighted by atomic mass is 9.89. The standard InChI is InChI=1S/C36H36F3N3O8/c1-48-31-14-23(8-13-33(43)44)15-32(49-2)34(31)50-27-16-24-9-10-25(17-27)41(24)21-35(45,36(37,38)39)29-20-40(19-22-6-4-3-5-7-22)30-18-26(42(46)47)11-12-28(29)30/h3-8,11-15,18,20,24-25,27,45H,9-10,16-17,19,21H2,1-2H3,(H,43,44)/b13-8+/t24-,25+,27?,35?. The van der Waals surface area contributed by atoms with Gasteiger partial charge in [-0.15, -0.1) is 0 Å². The summed E-state index contributed by atoms with van der Waals surface area (Å²) in [7, 11) is 2.87. The van der Waals surface area contributed by atoms with Gasteiger partial charge >= 0.3 is 12.1 Å². The molecular weight excluding hydrogens is 659 g/mol. The Morgan fingerprint density at radius 2 is 1.66 bits per heavy atom. The molecule has 50 heavy (non-hydrogen) atoms. The van der Waals surface area contributed by atoms with Crippen LogP contribution in [0.1, 0.15) is 42.4 Å². The summed E-state index contributed by atoms with van der Waals surface area (Å²) in [6.07, 6.45) is 0.109. The average Bonchev–Trinajstić information content (AvgIpc) is 3.55. The maximum Gasteiger partial charge on any atom is 0.422 e. The van der Waals surface area contributed by atoms with Crippen molar-refractivity contribution in [3.63, 3.8) is 0 Å². The number of nitro benzene ring substituents is 1. The summed E-state index contributed by atoms with van der Waals surface area (Å²) in [6.45, 7) is -0.582. The molecule has 14 heteroatoms. The van der Waals surface area contributed by atoms with Gasteiger partial charge in [-0.25, -0.2) is 4.79 Å². The second-order valence-corrected chi connectivity index (χ2v) is 12.7. The molecule has 0 spiro atoms. The summed E-state index contributed by atoms with van der Waals surface area (Å²) in [5.41, 5.74) is -2.43. The number of benzene rings is 3. The molecule has 0 amide bonds. The first-order valence-electron chi connectivity index (χ1n) is 16.0. The van der Waals surface area contributed by atoms with Gasteiger partial charge in [0, 0.05) is 60.5 Å². The van der Waals surface area contributed by atoms with Gasteiger partial charge in [-0.05, 0) is 61.1 Å². The second kappa shape index (κ2) is 13.7. The van der Waals surface area contributed by atoms with E-state index in [1.165, 1.54) is 43.2 Å². The fourth-order valence-electron chi connectivity index (χ4n) is 7.25. The van der Waals surface area contributed by atoms with Crippen LogP contribution in [-0.4, -0.2) is 75.7 Å². The van der Waals surface area contributed by atoms with Crippen molar-refractivity contribution in [2.75, 3.05) is 20.8 Å². The predicted molar refractivity (Wildman–Crippen MR) is 177 cm³/mol. The van der Waals surface area contributed by atoms with Crippen LogP contribution in [0.2, 0.25) is 0 Å². The molecule has 2 fully saturated rings. The highest BCUT2D eigenvalue weighted by Gasteiger charge is 2.59. The molecular formula is C36H36F3N3O8. The van der Waals surface area contributed by atoms with E-state index in [0.29, 0.717) is 48.5 Å². The molecule has 2 unspecified atom stereocenters. The Labute approximate surface area is 285 Å². The topological polar surface area (TPSA) is 137 Å². The van der Waals surface area contributed by atoms with Crippen molar-refractivity contribution in [1.29, 1.82) is 0 Å². The minimum atomic E-state index is -5.08. The van der Waals surface area contributed by atoms with E-state index >= 15 is 13.2 Å². The van der Waals surface area contributed by atoms with Gasteiger partial charge in [-0.3, -0.25) is 15.0 Å². The molecule has 3 aromatic carbocycles. The van der Waals surface area contributed by atoms with Gasteiger partial charge in [0.15, 0.2) is 11.5 Å². The molecule has 0 radical (unpaired) electrons. The highest BCUT2D eigenvalue weighted by atomic mass is 19.4. The van der Waals surface area contributed by atoms with Gasteiger partial charge in [-0.2, -0.15) is 13.2 Å². The number of hydrogen-bond donors (Lipinski definition) is 2. The molecule has 2 saturated heterocycles. The Morgan fingerprint density at radius 3 is 2.22 bits per heavy atom. The van der Waals surface area contributed by atoms with Gasteiger partial charge in [0.25, 0.3) is 5.69 Å². The number of hydrogen-bond acceptors (Lipinski definition) is 8. The van der Waals surface area contributed by atoms with Crippen molar-refractivity contribution in [3.8, 4) is 17.2 Å². The minimum Gasteiger partial charge on any atom is -0.493 e. The molecule has 11 nitrogen and oxygen atoms in total. The van der Waals surface area contributed by atoms with E-state index in [1.54, 1.807) is 41.3 Å². The van der Waals surface area contributed by atoms with Crippen molar-refractivity contribution in [1.82, 2.24) is 9.47 Å². The number of ether oxygens (including phenoxy) is 3. The zero-order chi connectivity index (χ0) is 35.8. The molecule has 3 heterocycles. The Bertz CT molecular complexity index is 1890.